The highest BCUT2D eigenvalue weighted by molar-refractivity contribution is 7.10. The normalized spacial score (nSPS) is 10.2. The molecule has 0 radical (unpaired) electrons. The molecule has 0 atom stereocenters. The number of nitrogens with one attached hydrogen (secondary N) is 1. The molecule has 78 valence electrons. The van der Waals surface area contributed by atoms with Gasteiger partial charge >= 0.3 is 0 Å². The topological polar surface area (TPSA) is 42.0 Å². The number of hydrogen-bond donors (Lipinski definition) is 1. The van der Waals surface area contributed by atoms with E-state index in [4.69, 9.17) is 0 Å². The van der Waals surface area contributed by atoms with Gasteiger partial charge in [0.15, 0.2) is 0 Å². The molecule has 2 aromatic heterocycles. The van der Waals surface area contributed by atoms with Gasteiger partial charge in [-0.2, -0.15) is 0 Å². The van der Waals surface area contributed by atoms with Crippen molar-refractivity contribution in [3.05, 3.63) is 38.5 Å². The molecule has 0 aliphatic rings. The summed E-state index contributed by atoms with van der Waals surface area (Å²) < 4.78 is 0. The lowest BCUT2D eigenvalue weighted by molar-refractivity contribution is 0.0947. The molecule has 0 saturated heterocycles. The highest BCUT2D eigenvalue weighted by atomic mass is 32.1. The molecule has 0 aliphatic carbocycles. The number of carbonyl (C=O) groups is 1. The smallest absolute Gasteiger partial charge is 0.271 e. The molecule has 1 N–H and O–H groups in total. The van der Waals surface area contributed by atoms with Gasteiger partial charge < -0.3 is 5.32 Å². The third-order valence-electron chi connectivity index (χ3n) is 2.04. The number of thiazole rings is 1. The summed E-state index contributed by atoms with van der Waals surface area (Å²) in [5.41, 5.74) is 3.37. The second-order valence-corrected chi connectivity index (χ2v) is 4.80. The van der Waals surface area contributed by atoms with Crippen molar-refractivity contribution in [3.63, 3.8) is 0 Å². The third-order valence-corrected chi connectivity index (χ3v) is 3.65. The van der Waals surface area contributed by atoms with E-state index in [-0.39, 0.29) is 5.91 Å². The number of thiophene rings is 1. The van der Waals surface area contributed by atoms with Gasteiger partial charge in [-0.3, -0.25) is 4.79 Å². The summed E-state index contributed by atoms with van der Waals surface area (Å²) in [6.45, 7) is 2.63. The van der Waals surface area contributed by atoms with Crippen LogP contribution in [0, 0.1) is 6.92 Å². The van der Waals surface area contributed by atoms with E-state index in [1.165, 1.54) is 21.8 Å². The van der Waals surface area contributed by atoms with Gasteiger partial charge in [-0.05, 0) is 23.9 Å². The van der Waals surface area contributed by atoms with Crippen LogP contribution in [0.5, 0.6) is 0 Å². The molecule has 2 aromatic rings. The minimum absolute atomic E-state index is 0.107. The summed E-state index contributed by atoms with van der Waals surface area (Å²) in [5, 5.41) is 6.62. The average Bonchev–Trinajstić information content (AvgIpc) is 2.85. The molecule has 3 nitrogen and oxygen atoms in total. The zero-order valence-corrected chi connectivity index (χ0v) is 9.82. The van der Waals surface area contributed by atoms with Crippen LogP contribution < -0.4 is 5.32 Å². The first-order valence-electron chi connectivity index (χ1n) is 4.46. The Labute approximate surface area is 95.8 Å². The van der Waals surface area contributed by atoms with Crippen molar-refractivity contribution in [2.75, 3.05) is 0 Å². The van der Waals surface area contributed by atoms with Gasteiger partial charge in [0.1, 0.15) is 5.69 Å². The first kappa shape index (κ1) is 10.3. The molecular formula is C10H10N2OS2. The molecule has 5 heteroatoms. The lowest BCUT2D eigenvalue weighted by atomic mass is 10.3. The number of aromatic nitrogens is 1. The van der Waals surface area contributed by atoms with Crippen molar-refractivity contribution in [2.45, 2.75) is 13.5 Å². The quantitative estimate of drug-likeness (QED) is 0.892. The van der Waals surface area contributed by atoms with Crippen LogP contribution in [0.1, 0.15) is 20.9 Å². The van der Waals surface area contributed by atoms with Gasteiger partial charge in [-0.1, -0.05) is 0 Å². The van der Waals surface area contributed by atoms with Crippen LogP contribution in [0.15, 0.2) is 22.3 Å². The Kier molecular flexibility index (Phi) is 3.13. The maximum Gasteiger partial charge on any atom is 0.271 e. The largest absolute Gasteiger partial charge is 0.346 e. The highest BCUT2D eigenvalue weighted by Gasteiger charge is 2.07. The molecule has 0 unspecified atom stereocenters. The van der Waals surface area contributed by atoms with Crippen LogP contribution in [-0.4, -0.2) is 10.9 Å². The lowest BCUT2D eigenvalue weighted by Gasteiger charge is -2.01. The maximum absolute atomic E-state index is 11.5. The van der Waals surface area contributed by atoms with Crippen LogP contribution in [0.3, 0.4) is 0 Å². The van der Waals surface area contributed by atoms with Crippen molar-refractivity contribution in [1.29, 1.82) is 0 Å². The second-order valence-electron chi connectivity index (χ2n) is 3.08. The number of carbonyl (C=O) groups excluding carboxylic acids is 1. The van der Waals surface area contributed by atoms with E-state index in [1.807, 2.05) is 12.3 Å². The molecule has 0 aromatic carbocycles. The second kappa shape index (κ2) is 4.55. The SMILES string of the molecule is Cc1ccsc1CNC(=O)c1cscn1. The van der Waals surface area contributed by atoms with Gasteiger partial charge in [0.05, 0.1) is 12.1 Å². The molecule has 0 bridgehead atoms. The summed E-state index contributed by atoms with van der Waals surface area (Å²) in [4.78, 5) is 16.7. The van der Waals surface area contributed by atoms with E-state index in [2.05, 4.69) is 16.4 Å². The molecule has 2 rings (SSSR count). The third kappa shape index (κ3) is 2.43. The standard InChI is InChI=1S/C10H10N2OS2/c1-7-2-3-15-9(7)4-11-10(13)8-5-14-6-12-8/h2-3,5-6H,4H2,1H3,(H,11,13). The summed E-state index contributed by atoms with van der Waals surface area (Å²) in [6, 6.07) is 2.05. The number of aryl methyl sites for hydroxylation is 1. The van der Waals surface area contributed by atoms with Crippen LogP contribution >= 0.6 is 22.7 Å². The van der Waals surface area contributed by atoms with Crippen molar-refractivity contribution in [3.8, 4) is 0 Å². The van der Waals surface area contributed by atoms with E-state index in [0.717, 1.165) is 0 Å². The Balaban J connectivity index is 1.95. The number of nitrogens with zero attached hydrogens (tertiary/aromatic N) is 1. The predicted molar refractivity (Wildman–Crippen MR) is 62.3 cm³/mol. The van der Waals surface area contributed by atoms with Crippen molar-refractivity contribution in [1.82, 2.24) is 10.3 Å². The lowest BCUT2D eigenvalue weighted by Crippen LogP contribution is -2.22. The van der Waals surface area contributed by atoms with E-state index >= 15 is 0 Å². The van der Waals surface area contributed by atoms with Crippen molar-refractivity contribution in [2.24, 2.45) is 0 Å². The van der Waals surface area contributed by atoms with Gasteiger partial charge in [0.2, 0.25) is 0 Å². The molecule has 1 amide bonds. The molecule has 2 heterocycles. The van der Waals surface area contributed by atoms with E-state index in [9.17, 15) is 4.79 Å². The minimum atomic E-state index is -0.107. The Bertz CT molecular complexity index is 448. The molecule has 0 saturated carbocycles. The first-order chi connectivity index (χ1) is 7.27. The van der Waals surface area contributed by atoms with Gasteiger partial charge in [0.25, 0.3) is 5.91 Å². The summed E-state index contributed by atoms with van der Waals surface area (Å²) in [5.74, 6) is -0.107. The minimum Gasteiger partial charge on any atom is -0.346 e. The molecule has 0 spiro atoms. The summed E-state index contributed by atoms with van der Waals surface area (Å²) in [7, 11) is 0. The molecule has 0 aliphatic heterocycles. The monoisotopic (exact) mass is 238 g/mol. The fourth-order valence-corrected chi connectivity index (χ4v) is 2.54. The fraction of sp³-hybridized carbons (Fsp3) is 0.200. The Morgan fingerprint density at radius 1 is 1.60 bits per heavy atom. The van der Waals surface area contributed by atoms with Crippen LogP contribution in [-0.2, 0) is 6.54 Å². The van der Waals surface area contributed by atoms with Crippen LogP contribution in [0.4, 0.5) is 0 Å². The Hall–Kier alpha value is -1.20. The predicted octanol–water partition coefficient (Wildman–Crippen LogP) is 2.44. The molecule has 0 fully saturated rings. The summed E-state index contributed by atoms with van der Waals surface area (Å²) >= 11 is 3.08. The Morgan fingerprint density at radius 3 is 3.07 bits per heavy atom. The first-order valence-corrected chi connectivity index (χ1v) is 6.29. The maximum atomic E-state index is 11.5. The zero-order valence-electron chi connectivity index (χ0n) is 8.19. The van der Waals surface area contributed by atoms with Gasteiger partial charge in [0, 0.05) is 10.3 Å². The number of amides is 1. The zero-order chi connectivity index (χ0) is 10.7. The summed E-state index contributed by atoms with van der Waals surface area (Å²) in [6.07, 6.45) is 0. The van der Waals surface area contributed by atoms with E-state index < -0.39 is 0 Å². The van der Waals surface area contributed by atoms with E-state index in [0.29, 0.717) is 12.2 Å². The Morgan fingerprint density at radius 2 is 2.47 bits per heavy atom. The van der Waals surface area contributed by atoms with Gasteiger partial charge in [-0.25, -0.2) is 4.98 Å². The van der Waals surface area contributed by atoms with Crippen LogP contribution in [0.2, 0.25) is 0 Å². The van der Waals surface area contributed by atoms with E-state index in [1.54, 1.807) is 22.2 Å². The number of rotatable bonds is 3. The van der Waals surface area contributed by atoms with Gasteiger partial charge in [-0.15, -0.1) is 22.7 Å². The van der Waals surface area contributed by atoms with Crippen molar-refractivity contribution < 1.29 is 4.79 Å². The number of hydrogen-bond acceptors (Lipinski definition) is 4. The molecular weight excluding hydrogens is 228 g/mol. The van der Waals surface area contributed by atoms with Crippen molar-refractivity contribution >= 4 is 28.6 Å². The fourth-order valence-electron chi connectivity index (χ4n) is 1.16. The van der Waals surface area contributed by atoms with Crippen LogP contribution in [0.25, 0.3) is 0 Å². The molecule has 15 heavy (non-hydrogen) atoms. The average molecular weight is 238 g/mol. The highest BCUT2D eigenvalue weighted by Crippen LogP contribution is 2.15.